The van der Waals surface area contributed by atoms with Crippen LogP contribution in [0.25, 0.3) is 0 Å². The maximum absolute atomic E-state index is 12.5. The molecular weight excluding hydrogens is 157 g/mol. The van der Waals surface area contributed by atoms with Gasteiger partial charge >= 0.3 is 0 Å². The summed E-state index contributed by atoms with van der Waals surface area (Å²) in [6.07, 6.45) is 3.82. The molecule has 0 aliphatic rings. The number of rotatable bonds is 3. The SMILES string of the molecule is C=C(/C=C\C(F)=C/C)C(=O)NC. The van der Waals surface area contributed by atoms with Crippen LogP contribution in [0.5, 0.6) is 0 Å². The molecule has 0 aromatic heterocycles. The van der Waals surface area contributed by atoms with Gasteiger partial charge in [0.1, 0.15) is 5.83 Å². The van der Waals surface area contributed by atoms with Gasteiger partial charge in [0.2, 0.25) is 5.91 Å². The molecule has 1 amide bonds. The van der Waals surface area contributed by atoms with Crippen molar-refractivity contribution in [1.29, 1.82) is 0 Å². The van der Waals surface area contributed by atoms with Gasteiger partial charge in [0, 0.05) is 12.6 Å². The van der Waals surface area contributed by atoms with Crippen LogP contribution in [0.1, 0.15) is 6.92 Å². The molecule has 0 bridgehead atoms. The number of halogens is 1. The van der Waals surface area contributed by atoms with E-state index in [9.17, 15) is 9.18 Å². The van der Waals surface area contributed by atoms with Gasteiger partial charge in [0.05, 0.1) is 0 Å². The minimum atomic E-state index is -0.389. The predicted octanol–water partition coefficient (Wildman–Crippen LogP) is 1.72. The molecule has 0 saturated carbocycles. The second-order valence-corrected chi connectivity index (χ2v) is 2.11. The van der Waals surface area contributed by atoms with E-state index in [2.05, 4.69) is 11.9 Å². The van der Waals surface area contributed by atoms with Crippen molar-refractivity contribution >= 4 is 5.91 Å². The van der Waals surface area contributed by atoms with Gasteiger partial charge in [0.15, 0.2) is 0 Å². The van der Waals surface area contributed by atoms with Gasteiger partial charge in [0.25, 0.3) is 0 Å². The number of allylic oxidation sites excluding steroid dienone is 3. The van der Waals surface area contributed by atoms with Crippen molar-refractivity contribution in [3.63, 3.8) is 0 Å². The average molecular weight is 169 g/mol. The molecule has 0 atom stereocenters. The Labute approximate surface area is 71.5 Å². The van der Waals surface area contributed by atoms with E-state index in [0.717, 1.165) is 0 Å². The fraction of sp³-hybridized carbons (Fsp3) is 0.222. The quantitative estimate of drug-likeness (QED) is 0.505. The third kappa shape index (κ3) is 3.71. The molecule has 2 nitrogen and oxygen atoms in total. The lowest BCUT2D eigenvalue weighted by molar-refractivity contribution is -0.116. The largest absolute Gasteiger partial charge is 0.355 e. The molecule has 0 spiro atoms. The standard InChI is InChI=1S/C9H12FNO/c1-4-8(10)6-5-7(2)9(12)11-3/h4-6H,2H2,1,3H3,(H,11,12)/b6-5-,8-4+. The third-order valence-corrected chi connectivity index (χ3v) is 1.24. The smallest absolute Gasteiger partial charge is 0.250 e. The fourth-order valence-corrected chi connectivity index (χ4v) is 0.513. The zero-order valence-corrected chi connectivity index (χ0v) is 7.23. The van der Waals surface area contributed by atoms with Crippen LogP contribution in [0.2, 0.25) is 0 Å². The zero-order chi connectivity index (χ0) is 9.56. The lowest BCUT2D eigenvalue weighted by Gasteiger charge is -1.95. The Bertz CT molecular complexity index is 241. The Morgan fingerprint density at radius 2 is 2.08 bits per heavy atom. The first-order valence-electron chi connectivity index (χ1n) is 3.52. The van der Waals surface area contributed by atoms with Crippen LogP contribution in [0.4, 0.5) is 4.39 Å². The highest BCUT2D eigenvalue weighted by Gasteiger charge is 1.98. The van der Waals surface area contributed by atoms with Gasteiger partial charge < -0.3 is 5.32 Å². The van der Waals surface area contributed by atoms with Crippen LogP contribution in [-0.4, -0.2) is 13.0 Å². The monoisotopic (exact) mass is 169 g/mol. The number of hydrogen-bond acceptors (Lipinski definition) is 1. The Morgan fingerprint density at radius 3 is 2.50 bits per heavy atom. The van der Waals surface area contributed by atoms with E-state index in [1.54, 1.807) is 6.92 Å². The second kappa shape index (κ2) is 5.29. The molecular formula is C9H12FNO. The van der Waals surface area contributed by atoms with Crippen molar-refractivity contribution in [3.8, 4) is 0 Å². The highest BCUT2D eigenvalue weighted by atomic mass is 19.1. The lowest BCUT2D eigenvalue weighted by Crippen LogP contribution is -2.18. The van der Waals surface area contributed by atoms with Crippen molar-refractivity contribution in [1.82, 2.24) is 5.32 Å². The van der Waals surface area contributed by atoms with Gasteiger partial charge in [-0.3, -0.25) is 4.79 Å². The summed E-state index contributed by atoms with van der Waals surface area (Å²) in [7, 11) is 1.49. The van der Waals surface area contributed by atoms with Gasteiger partial charge in [-0.15, -0.1) is 0 Å². The molecule has 12 heavy (non-hydrogen) atoms. The van der Waals surface area contributed by atoms with E-state index in [0.29, 0.717) is 0 Å². The van der Waals surface area contributed by atoms with E-state index in [1.807, 2.05) is 0 Å². The Balaban J connectivity index is 4.18. The van der Waals surface area contributed by atoms with E-state index < -0.39 is 0 Å². The van der Waals surface area contributed by atoms with Crippen LogP contribution in [0.3, 0.4) is 0 Å². The van der Waals surface area contributed by atoms with Crippen LogP contribution in [0, 0.1) is 0 Å². The van der Waals surface area contributed by atoms with Crippen LogP contribution >= 0.6 is 0 Å². The molecule has 66 valence electrons. The van der Waals surface area contributed by atoms with E-state index >= 15 is 0 Å². The van der Waals surface area contributed by atoms with Crippen molar-refractivity contribution in [2.45, 2.75) is 6.92 Å². The van der Waals surface area contributed by atoms with Crippen LogP contribution in [0.15, 0.2) is 36.2 Å². The molecule has 0 unspecified atom stereocenters. The maximum atomic E-state index is 12.5. The van der Waals surface area contributed by atoms with E-state index in [-0.39, 0.29) is 17.3 Å². The zero-order valence-electron chi connectivity index (χ0n) is 7.23. The molecule has 0 aliphatic carbocycles. The maximum Gasteiger partial charge on any atom is 0.250 e. The minimum Gasteiger partial charge on any atom is -0.355 e. The summed E-state index contributed by atoms with van der Waals surface area (Å²) in [6, 6.07) is 0. The van der Waals surface area contributed by atoms with Crippen LogP contribution < -0.4 is 5.32 Å². The third-order valence-electron chi connectivity index (χ3n) is 1.24. The molecule has 0 rings (SSSR count). The predicted molar refractivity (Wildman–Crippen MR) is 47.2 cm³/mol. The summed E-state index contributed by atoms with van der Waals surface area (Å²) in [6.45, 7) is 5.01. The Kier molecular flexibility index (Phi) is 4.69. The lowest BCUT2D eigenvalue weighted by atomic mass is 10.2. The van der Waals surface area contributed by atoms with Gasteiger partial charge in [-0.1, -0.05) is 12.7 Å². The summed E-state index contributed by atoms with van der Waals surface area (Å²) in [5.74, 6) is -0.699. The Hall–Kier alpha value is -1.38. The number of amides is 1. The summed E-state index contributed by atoms with van der Waals surface area (Å²) < 4.78 is 12.5. The number of hydrogen-bond donors (Lipinski definition) is 1. The minimum absolute atomic E-state index is 0.231. The molecule has 0 radical (unpaired) electrons. The molecule has 0 aliphatic heterocycles. The van der Waals surface area contributed by atoms with Crippen molar-refractivity contribution in [2.75, 3.05) is 7.05 Å². The average Bonchev–Trinajstić information content (AvgIpc) is 2.11. The van der Waals surface area contributed by atoms with Crippen molar-refractivity contribution in [2.24, 2.45) is 0 Å². The molecule has 0 aromatic rings. The van der Waals surface area contributed by atoms with E-state index in [1.165, 1.54) is 25.3 Å². The van der Waals surface area contributed by atoms with Gasteiger partial charge in [-0.05, 0) is 19.1 Å². The first-order chi connectivity index (χ1) is 5.61. The number of carbonyl (C=O) groups is 1. The first kappa shape index (κ1) is 10.6. The number of nitrogens with one attached hydrogen (secondary N) is 1. The highest BCUT2D eigenvalue weighted by molar-refractivity contribution is 5.95. The topological polar surface area (TPSA) is 29.1 Å². The Morgan fingerprint density at radius 1 is 1.50 bits per heavy atom. The molecule has 0 saturated heterocycles. The van der Waals surface area contributed by atoms with E-state index in [4.69, 9.17) is 0 Å². The number of carbonyl (C=O) groups excluding carboxylic acids is 1. The summed E-state index contributed by atoms with van der Waals surface area (Å²) in [5.41, 5.74) is 0.231. The van der Waals surface area contributed by atoms with Crippen molar-refractivity contribution < 1.29 is 9.18 Å². The molecule has 0 fully saturated rings. The molecule has 1 N–H and O–H groups in total. The normalized spacial score (nSPS) is 11.8. The van der Waals surface area contributed by atoms with Gasteiger partial charge in [-0.2, -0.15) is 0 Å². The van der Waals surface area contributed by atoms with Crippen LogP contribution in [-0.2, 0) is 4.79 Å². The molecule has 3 heteroatoms. The molecule has 0 aromatic carbocycles. The molecule has 0 heterocycles. The summed E-state index contributed by atoms with van der Waals surface area (Å²) >= 11 is 0. The highest BCUT2D eigenvalue weighted by Crippen LogP contribution is 2.00. The first-order valence-corrected chi connectivity index (χ1v) is 3.52. The van der Waals surface area contributed by atoms with Crippen molar-refractivity contribution in [3.05, 3.63) is 36.2 Å². The fourth-order valence-electron chi connectivity index (χ4n) is 0.513. The number of likely N-dealkylation sites (N-methyl/N-ethyl adjacent to an activating group) is 1. The second-order valence-electron chi connectivity index (χ2n) is 2.11. The summed E-state index contributed by atoms with van der Waals surface area (Å²) in [4.78, 5) is 10.8. The van der Waals surface area contributed by atoms with Gasteiger partial charge in [-0.25, -0.2) is 4.39 Å². The summed E-state index contributed by atoms with van der Waals surface area (Å²) in [5, 5.41) is 2.37.